The lowest BCUT2D eigenvalue weighted by Crippen LogP contribution is -2.34. The molecule has 1 N–H and O–H groups in total. The van der Waals surface area contributed by atoms with E-state index in [1.54, 1.807) is 0 Å². The standard InChI is InChI=1S/C20H24N2O/c1-3-16-9-11-18(12-10-16)21-20(23)22-13-5-8-19(22)17-7-4-6-15(2)14-17/h4,6-7,9-12,14,19H,3,5,8,13H2,1-2H3,(H,21,23)/t19-/m0/s1. The summed E-state index contributed by atoms with van der Waals surface area (Å²) in [7, 11) is 0. The number of benzene rings is 2. The minimum atomic E-state index is -0.00162. The van der Waals surface area contributed by atoms with Gasteiger partial charge >= 0.3 is 6.03 Å². The maximum absolute atomic E-state index is 12.7. The van der Waals surface area contributed by atoms with Crippen LogP contribution in [0.1, 0.15) is 42.5 Å². The molecule has 0 aliphatic carbocycles. The Morgan fingerprint density at radius 2 is 2.00 bits per heavy atom. The van der Waals surface area contributed by atoms with Crippen molar-refractivity contribution < 1.29 is 4.79 Å². The fraction of sp³-hybridized carbons (Fsp3) is 0.350. The van der Waals surface area contributed by atoms with Crippen LogP contribution in [0.4, 0.5) is 10.5 Å². The Bertz CT molecular complexity index is 678. The fourth-order valence-corrected chi connectivity index (χ4v) is 3.25. The van der Waals surface area contributed by atoms with Crippen molar-refractivity contribution >= 4 is 11.7 Å². The minimum absolute atomic E-state index is 0.00162. The van der Waals surface area contributed by atoms with Gasteiger partial charge < -0.3 is 10.2 Å². The van der Waals surface area contributed by atoms with Gasteiger partial charge in [-0.1, -0.05) is 48.9 Å². The SMILES string of the molecule is CCc1ccc(NC(=O)N2CCC[C@H]2c2cccc(C)c2)cc1. The van der Waals surface area contributed by atoms with Crippen molar-refractivity contribution in [3.05, 3.63) is 65.2 Å². The predicted molar refractivity (Wildman–Crippen MR) is 94.7 cm³/mol. The average Bonchev–Trinajstić information content (AvgIpc) is 3.05. The number of anilines is 1. The van der Waals surface area contributed by atoms with Crippen molar-refractivity contribution in [1.82, 2.24) is 4.90 Å². The van der Waals surface area contributed by atoms with Crippen LogP contribution >= 0.6 is 0 Å². The first-order chi connectivity index (χ1) is 11.2. The molecular weight excluding hydrogens is 284 g/mol. The highest BCUT2D eigenvalue weighted by molar-refractivity contribution is 5.89. The molecule has 0 unspecified atom stereocenters. The quantitative estimate of drug-likeness (QED) is 0.857. The largest absolute Gasteiger partial charge is 0.322 e. The normalized spacial score (nSPS) is 17.3. The summed E-state index contributed by atoms with van der Waals surface area (Å²) in [6, 6.07) is 16.8. The number of carbonyl (C=O) groups is 1. The summed E-state index contributed by atoms with van der Waals surface area (Å²) in [5, 5.41) is 3.04. The third kappa shape index (κ3) is 3.55. The summed E-state index contributed by atoms with van der Waals surface area (Å²) in [6.45, 7) is 5.04. The van der Waals surface area contributed by atoms with Crippen LogP contribution in [0.5, 0.6) is 0 Å². The third-order valence-corrected chi connectivity index (χ3v) is 4.55. The molecule has 0 aromatic heterocycles. The van der Waals surface area contributed by atoms with Crippen LogP contribution in [-0.4, -0.2) is 17.5 Å². The lowest BCUT2D eigenvalue weighted by Gasteiger charge is -2.25. The van der Waals surface area contributed by atoms with Gasteiger partial charge in [-0.25, -0.2) is 4.79 Å². The van der Waals surface area contributed by atoms with Gasteiger partial charge in [0.05, 0.1) is 6.04 Å². The van der Waals surface area contributed by atoms with Gasteiger partial charge in [0.2, 0.25) is 0 Å². The van der Waals surface area contributed by atoms with Crippen molar-refractivity contribution in [3.63, 3.8) is 0 Å². The highest BCUT2D eigenvalue weighted by Gasteiger charge is 2.29. The Labute approximate surface area is 138 Å². The van der Waals surface area contributed by atoms with Crippen molar-refractivity contribution in [2.24, 2.45) is 0 Å². The van der Waals surface area contributed by atoms with E-state index in [1.165, 1.54) is 16.7 Å². The van der Waals surface area contributed by atoms with Gasteiger partial charge in [0.15, 0.2) is 0 Å². The van der Waals surface area contributed by atoms with E-state index in [9.17, 15) is 4.79 Å². The number of aryl methyl sites for hydroxylation is 2. The van der Waals surface area contributed by atoms with Crippen molar-refractivity contribution in [2.75, 3.05) is 11.9 Å². The molecule has 2 amide bonds. The monoisotopic (exact) mass is 308 g/mol. The zero-order valence-corrected chi connectivity index (χ0v) is 13.9. The van der Waals surface area contributed by atoms with E-state index in [0.29, 0.717) is 0 Å². The Balaban J connectivity index is 1.72. The van der Waals surface area contributed by atoms with Gasteiger partial charge in [0.1, 0.15) is 0 Å². The molecule has 1 heterocycles. The number of nitrogens with zero attached hydrogens (tertiary/aromatic N) is 1. The number of hydrogen-bond acceptors (Lipinski definition) is 1. The molecule has 1 saturated heterocycles. The van der Waals surface area contributed by atoms with Crippen LogP contribution in [-0.2, 0) is 6.42 Å². The van der Waals surface area contributed by atoms with Crippen LogP contribution in [0.3, 0.4) is 0 Å². The second-order valence-corrected chi connectivity index (χ2v) is 6.25. The van der Waals surface area contributed by atoms with E-state index in [-0.39, 0.29) is 12.1 Å². The first-order valence-electron chi connectivity index (χ1n) is 8.40. The van der Waals surface area contributed by atoms with E-state index in [0.717, 1.165) is 31.5 Å². The lowest BCUT2D eigenvalue weighted by molar-refractivity contribution is 0.207. The fourth-order valence-electron chi connectivity index (χ4n) is 3.25. The third-order valence-electron chi connectivity index (χ3n) is 4.55. The molecule has 0 saturated carbocycles. The predicted octanol–water partition coefficient (Wildman–Crippen LogP) is 4.93. The zero-order chi connectivity index (χ0) is 16.2. The maximum atomic E-state index is 12.7. The summed E-state index contributed by atoms with van der Waals surface area (Å²) in [4.78, 5) is 14.6. The molecule has 2 aromatic carbocycles. The summed E-state index contributed by atoms with van der Waals surface area (Å²) in [5.41, 5.74) is 4.62. The molecular formula is C20H24N2O. The molecule has 3 nitrogen and oxygen atoms in total. The van der Waals surface area contributed by atoms with Gasteiger partial charge in [0.25, 0.3) is 0 Å². The van der Waals surface area contributed by atoms with Crippen LogP contribution < -0.4 is 5.32 Å². The van der Waals surface area contributed by atoms with Crippen LogP contribution in [0.15, 0.2) is 48.5 Å². The van der Waals surface area contributed by atoms with Crippen molar-refractivity contribution in [3.8, 4) is 0 Å². The van der Waals surface area contributed by atoms with E-state index >= 15 is 0 Å². The average molecular weight is 308 g/mol. The Kier molecular flexibility index (Phi) is 4.65. The molecule has 120 valence electrons. The van der Waals surface area contributed by atoms with Gasteiger partial charge in [-0.2, -0.15) is 0 Å². The second-order valence-electron chi connectivity index (χ2n) is 6.25. The van der Waals surface area contributed by atoms with Crippen LogP contribution in [0, 0.1) is 6.92 Å². The number of likely N-dealkylation sites (tertiary alicyclic amines) is 1. The van der Waals surface area contributed by atoms with Crippen molar-refractivity contribution in [1.29, 1.82) is 0 Å². The summed E-state index contributed by atoms with van der Waals surface area (Å²) >= 11 is 0. The lowest BCUT2D eigenvalue weighted by atomic mass is 10.0. The molecule has 0 bridgehead atoms. The molecule has 23 heavy (non-hydrogen) atoms. The smallest absolute Gasteiger partial charge is 0.317 e. The molecule has 1 aliphatic heterocycles. The number of hydrogen-bond donors (Lipinski definition) is 1. The molecule has 1 aliphatic rings. The number of carbonyl (C=O) groups excluding carboxylic acids is 1. The molecule has 1 fully saturated rings. The Hall–Kier alpha value is -2.29. The zero-order valence-electron chi connectivity index (χ0n) is 13.9. The van der Waals surface area contributed by atoms with Gasteiger partial charge in [-0.15, -0.1) is 0 Å². The highest BCUT2D eigenvalue weighted by atomic mass is 16.2. The second kappa shape index (κ2) is 6.86. The van der Waals surface area contributed by atoms with Gasteiger partial charge in [-0.05, 0) is 49.4 Å². The number of urea groups is 1. The summed E-state index contributed by atoms with van der Waals surface area (Å²) in [6.07, 6.45) is 3.10. The molecule has 3 rings (SSSR count). The van der Waals surface area contributed by atoms with Crippen LogP contribution in [0.25, 0.3) is 0 Å². The van der Waals surface area contributed by atoms with E-state index in [4.69, 9.17) is 0 Å². The number of rotatable bonds is 3. The first-order valence-corrected chi connectivity index (χ1v) is 8.40. The molecule has 0 radical (unpaired) electrons. The van der Waals surface area contributed by atoms with E-state index < -0.39 is 0 Å². The molecule has 1 atom stereocenters. The van der Waals surface area contributed by atoms with Gasteiger partial charge in [-0.3, -0.25) is 0 Å². The van der Waals surface area contributed by atoms with E-state index in [2.05, 4.69) is 55.6 Å². The molecule has 3 heteroatoms. The summed E-state index contributed by atoms with van der Waals surface area (Å²) in [5.74, 6) is 0. The van der Waals surface area contributed by atoms with Crippen molar-refractivity contribution in [2.45, 2.75) is 39.2 Å². The molecule has 0 spiro atoms. The Morgan fingerprint density at radius 1 is 1.22 bits per heavy atom. The first kappa shape index (κ1) is 15.6. The Morgan fingerprint density at radius 3 is 2.70 bits per heavy atom. The molecule has 2 aromatic rings. The van der Waals surface area contributed by atoms with Crippen LogP contribution in [0.2, 0.25) is 0 Å². The van der Waals surface area contributed by atoms with E-state index in [1.807, 2.05) is 17.0 Å². The van der Waals surface area contributed by atoms with Gasteiger partial charge in [0, 0.05) is 12.2 Å². The summed E-state index contributed by atoms with van der Waals surface area (Å²) < 4.78 is 0. The maximum Gasteiger partial charge on any atom is 0.322 e. The topological polar surface area (TPSA) is 32.3 Å². The number of amides is 2. The number of nitrogens with one attached hydrogen (secondary N) is 1. The highest BCUT2D eigenvalue weighted by Crippen LogP contribution is 2.32. The minimum Gasteiger partial charge on any atom is -0.317 e.